The number of piperazine rings is 1. The Hall–Kier alpha value is -0.690. The molecule has 0 N–H and O–H groups in total. The molecule has 0 atom stereocenters. The molecule has 0 saturated carbocycles. The van der Waals surface area contributed by atoms with Crippen LogP contribution in [0.3, 0.4) is 0 Å². The van der Waals surface area contributed by atoms with Gasteiger partial charge in [-0.25, -0.2) is 0 Å². The Morgan fingerprint density at radius 1 is 1.14 bits per heavy atom. The highest BCUT2D eigenvalue weighted by Gasteiger charge is 2.18. The van der Waals surface area contributed by atoms with Crippen molar-refractivity contribution in [2.75, 3.05) is 46.7 Å². The van der Waals surface area contributed by atoms with Crippen molar-refractivity contribution < 1.29 is 9.47 Å². The Morgan fingerprint density at radius 2 is 1.77 bits per heavy atom. The van der Waals surface area contributed by atoms with Crippen molar-refractivity contribution in [3.63, 3.8) is 0 Å². The quantitative estimate of drug-likeness (QED) is 0.764. The number of rotatable bonds is 4. The van der Waals surface area contributed by atoms with Crippen LogP contribution >= 0.6 is 36.4 Å². The summed E-state index contributed by atoms with van der Waals surface area (Å²) in [6.45, 7) is 5.02. The van der Waals surface area contributed by atoms with E-state index in [0.717, 1.165) is 48.5 Å². The van der Waals surface area contributed by atoms with Crippen LogP contribution in [0, 0.1) is 0 Å². The van der Waals surface area contributed by atoms with E-state index in [2.05, 4.69) is 21.9 Å². The van der Waals surface area contributed by atoms with E-state index in [1.54, 1.807) is 26.0 Å². The largest absolute Gasteiger partial charge is 0.493 e. The van der Waals surface area contributed by atoms with E-state index in [1.807, 2.05) is 12.3 Å². The number of hydrogen-bond acceptors (Lipinski definition) is 5. The van der Waals surface area contributed by atoms with Crippen molar-refractivity contribution >= 4 is 40.7 Å². The molecule has 0 radical (unpaired) electrons. The summed E-state index contributed by atoms with van der Waals surface area (Å²) in [7, 11) is 3.33. The third-order valence-electron chi connectivity index (χ3n) is 3.66. The van der Waals surface area contributed by atoms with E-state index >= 15 is 0 Å². The van der Waals surface area contributed by atoms with Gasteiger partial charge in [0.05, 0.1) is 14.2 Å². The lowest BCUT2D eigenvalue weighted by atomic mass is 10.1. The number of thiocarbonyl (C=S) groups is 1. The van der Waals surface area contributed by atoms with Crippen molar-refractivity contribution in [3.05, 3.63) is 23.8 Å². The van der Waals surface area contributed by atoms with Gasteiger partial charge in [0.1, 0.15) is 4.32 Å². The third-order valence-corrected chi connectivity index (χ3v) is 5.02. The van der Waals surface area contributed by atoms with Crippen LogP contribution in [0.2, 0.25) is 0 Å². The molecule has 0 spiro atoms. The van der Waals surface area contributed by atoms with Crippen LogP contribution in [0.5, 0.6) is 11.5 Å². The molecule has 0 unspecified atom stereocenters. The first-order valence-corrected chi connectivity index (χ1v) is 8.57. The highest BCUT2D eigenvalue weighted by Crippen LogP contribution is 2.28. The number of methoxy groups -OCH3 is 2. The first kappa shape index (κ1) is 19.4. The van der Waals surface area contributed by atoms with Crippen molar-refractivity contribution in [1.29, 1.82) is 0 Å². The van der Waals surface area contributed by atoms with E-state index in [1.165, 1.54) is 5.56 Å². The molecule has 4 nitrogen and oxygen atoms in total. The minimum atomic E-state index is 0. The standard InChI is InChI=1S/C15H22N2O2S2.ClH/c1-18-13-5-4-12(10-14(13)19-2)11-16-6-8-17(9-7-16)15(20)21-3;/h4-5,10H,6-9,11H2,1-3H3;1H. The Morgan fingerprint density at radius 3 is 2.32 bits per heavy atom. The van der Waals surface area contributed by atoms with Crippen LogP contribution in [0.4, 0.5) is 0 Å². The normalized spacial score (nSPS) is 15.1. The summed E-state index contributed by atoms with van der Waals surface area (Å²) >= 11 is 7.00. The molecule has 0 aliphatic carbocycles. The summed E-state index contributed by atoms with van der Waals surface area (Å²) in [5.41, 5.74) is 1.24. The summed E-state index contributed by atoms with van der Waals surface area (Å²) < 4.78 is 11.6. The Kier molecular flexibility index (Phi) is 8.31. The Bertz CT molecular complexity index is 494. The zero-order chi connectivity index (χ0) is 15.2. The van der Waals surface area contributed by atoms with Crippen LogP contribution in [0.1, 0.15) is 5.56 Å². The highest BCUT2D eigenvalue weighted by molar-refractivity contribution is 8.22. The predicted molar refractivity (Wildman–Crippen MR) is 99.8 cm³/mol. The molecular weight excluding hydrogens is 340 g/mol. The van der Waals surface area contributed by atoms with Crippen LogP contribution < -0.4 is 9.47 Å². The van der Waals surface area contributed by atoms with Gasteiger partial charge in [0, 0.05) is 32.7 Å². The molecule has 0 aromatic heterocycles. The number of benzene rings is 1. The molecule has 0 bridgehead atoms. The predicted octanol–water partition coefficient (Wildman–Crippen LogP) is 2.89. The Balaban J connectivity index is 0.00000242. The van der Waals surface area contributed by atoms with Gasteiger partial charge in [0.15, 0.2) is 11.5 Å². The topological polar surface area (TPSA) is 24.9 Å². The van der Waals surface area contributed by atoms with Crippen LogP contribution in [-0.4, -0.2) is 60.8 Å². The molecule has 1 saturated heterocycles. The van der Waals surface area contributed by atoms with Gasteiger partial charge in [-0.1, -0.05) is 18.3 Å². The maximum Gasteiger partial charge on any atom is 0.161 e. The van der Waals surface area contributed by atoms with E-state index < -0.39 is 0 Å². The fourth-order valence-electron chi connectivity index (χ4n) is 2.45. The van der Waals surface area contributed by atoms with E-state index in [9.17, 15) is 0 Å². The maximum atomic E-state index is 5.36. The molecule has 1 aliphatic rings. The first-order chi connectivity index (χ1) is 10.2. The molecule has 1 aromatic carbocycles. The van der Waals surface area contributed by atoms with Crippen LogP contribution in [0.25, 0.3) is 0 Å². The van der Waals surface area contributed by atoms with Gasteiger partial charge in [-0.3, -0.25) is 4.90 Å². The molecule has 2 rings (SSSR count). The molecule has 1 fully saturated rings. The van der Waals surface area contributed by atoms with Gasteiger partial charge in [-0.05, 0) is 24.0 Å². The molecule has 7 heteroatoms. The maximum absolute atomic E-state index is 5.36. The summed E-state index contributed by atoms with van der Waals surface area (Å²) in [6.07, 6.45) is 2.04. The van der Waals surface area contributed by atoms with Gasteiger partial charge in [0.25, 0.3) is 0 Å². The van der Waals surface area contributed by atoms with Crippen molar-refractivity contribution in [2.45, 2.75) is 6.54 Å². The van der Waals surface area contributed by atoms with Crippen molar-refractivity contribution in [1.82, 2.24) is 9.80 Å². The Labute approximate surface area is 148 Å². The van der Waals surface area contributed by atoms with E-state index in [0.29, 0.717) is 0 Å². The van der Waals surface area contributed by atoms with Gasteiger partial charge in [-0.2, -0.15) is 0 Å². The molecule has 1 heterocycles. The number of ether oxygens (including phenoxy) is 2. The smallest absolute Gasteiger partial charge is 0.161 e. The first-order valence-electron chi connectivity index (χ1n) is 6.94. The van der Waals surface area contributed by atoms with E-state index in [-0.39, 0.29) is 12.4 Å². The SMILES string of the molecule is COc1ccc(CN2CCN(C(=S)SC)CC2)cc1OC.Cl. The van der Waals surface area contributed by atoms with Gasteiger partial charge in [0.2, 0.25) is 0 Å². The zero-order valence-corrected chi connectivity index (χ0v) is 15.7. The summed E-state index contributed by atoms with van der Waals surface area (Å²) in [6, 6.07) is 6.12. The fraction of sp³-hybridized carbons (Fsp3) is 0.533. The monoisotopic (exact) mass is 362 g/mol. The molecule has 0 amide bonds. The summed E-state index contributed by atoms with van der Waals surface area (Å²) in [5, 5.41) is 0. The van der Waals surface area contributed by atoms with Gasteiger partial charge < -0.3 is 14.4 Å². The van der Waals surface area contributed by atoms with Crippen LogP contribution in [-0.2, 0) is 6.54 Å². The average molecular weight is 363 g/mol. The lowest BCUT2D eigenvalue weighted by molar-refractivity contribution is 0.178. The molecule has 1 aromatic rings. The van der Waals surface area contributed by atoms with Gasteiger partial charge >= 0.3 is 0 Å². The second kappa shape index (κ2) is 9.45. The van der Waals surface area contributed by atoms with E-state index in [4.69, 9.17) is 21.7 Å². The van der Waals surface area contributed by atoms with Gasteiger partial charge in [-0.15, -0.1) is 24.2 Å². The molecule has 1 aliphatic heterocycles. The van der Waals surface area contributed by atoms with Crippen molar-refractivity contribution in [3.8, 4) is 11.5 Å². The number of thioether (sulfide) groups is 1. The lowest BCUT2D eigenvalue weighted by Crippen LogP contribution is -2.47. The lowest BCUT2D eigenvalue weighted by Gasteiger charge is -2.35. The minimum absolute atomic E-state index is 0. The fourth-order valence-corrected chi connectivity index (χ4v) is 3.08. The average Bonchev–Trinajstić information content (AvgIpc) is 2.54. The molecule has 124 valence electrons. The molecular formula is C15H23ClN2O2S2. The number of hydrogen-bond donors (Lipinski definition) is 0. The summed E-state index contributed by atoms with van der Waals surface area (Å²) in [4.78, 5) is 4.73. The number of nitrogens with zero attached hydrogens (tertiary/aromatic N) is 2. The van der Waals surface area contributed by atoms with Crippen LogP contribution in [0.15, 0.2) is 18.2 Å². The van der Waals surface area contributed by atoms with Crippen molar-refractivity contribution in [2.24, 2.45) is 0 Å². The zero-order valence-electron chi connectivity index (χ0n) is 13.2. The second-order valence-corrected chi connectivity index (χ2v) is 6.36. The second-order valence-electron chi connectivity index (χ2n) is 4.92. The molecule has 22 heavy (non-hydrogen) atoms. The minimum Gasteiger partial charge on any atom is -0.493 e. The third kappa shape index (κ3) is 4.91. The summed E-state index contributed by atoms with van der Waals surface area (Å²) in [5.74, 6) is 1.56. The number of halogens is 1. The highest BCUT2D eigenvalue weighted by atomic mass is 35.5.